The fourth-order valence-corrected chi connectivity index (χ4v) is 4.17. The monoisotopic (exact) mass is 319 g/mol. The Morgan fingerprint density at radius 1 is 0.680 bits per heavy atom. The summed E-state index contributed by atoms with van der Waals surface area (Å²) in [6.45, 7) is 4.63. The van der Waals surface area contributed by atoms with Gasteiger partial charge < -0.3 is 0 Å². The van der Waals surface area contributed by atoms with E-state index in [-0.39, 0.29) is 5.41 Å². The van der Waals surface area contributed by atoms with Crippen LogP contribution in [0.25, 0.3) is 33.0 Å². The van der Waals surface area contributed by atoms with E-state index in [0.29, 0.717) is 0 Å². The lowest BCUT2D eigenvalue weighted by atomic mass is 9.81. The van der Waals surface area contributed by atoms with Gasteiger partial charge in [0.25, 0.3) is 0 Å². The minimum Gasteiger partial charge on any atom is -0.0616 e. The number of fused-ring (bicyclic) bond motifs is 4. The van der Waals surface area contributed by atoms with E-state index in [1.54, 1.807) is 0 Å². The molecular weight excluding hydrogens is 300 g/mol. The number of rotatable bonds is 1. The van der Waals surface area contributed by atoms with Crippen LogP contribution >= 0.6 is 0 Å². The summed E-state index contributed by atoms with van der Waals surface area (Å²) >= 11 is 0. The fourth-order valence-electron chi connectivity index (χ4n) is 4.17. The second-order valence-electron chi connectivity index (χ2n) is 7.42. The van der Waals surface area contributed by atoms with Gasteiger partial charge in [0, 0.05) is 5.41 Å². The molecule has 0 amide bonds. The Labute approximate surface area is 148 Å². The first-order valence-corrected chi connectivity index (χ1v) is 8.79. The third-order valence-electron chi connectivity index (χ3n) is 5.60. The average Bonchev–Trinajstić information content (AvgIpc) is 2.89. The zero-order valence-electron chi connectivity index (χ0n) is 14.5. The molecule has 1 radical (unpaired) electrons. The minimum atomic E-state index is 0.0231. The van der Waals surface area contributed by atoms with Crippen molar-refractivity contribution < 1.29 is 0 Å². The lowest BCUT2D eigenvalue weighted by molar-refractivity contribution is 0.660. The molecule has 0 bridgehead atoms. The molecule has 0 saturated heterocycles. The van der Waals surface area contributed by atoms with Crippen LogP contribution in [-0.4, -0.2) is 0 Å². The van der Waals surface area contributed by atoms with Gasteiger partial charge in [-0.3, -0.25) is 0 Å². The second-order valence-corrected chi connectivity index (χ2v) is 7.42. The third kappa shape index (κ3) is 2.07. The molecule has 0 nitrogen and oxygen atoms in total. The molecule has 0 unspecified atom stereocenters. The first kappa shape index (κ1) is 14.5. The normalized spacial score (nSPS) is 14.3. The van der Waals surface area contributed by atoms with Crippen molar-refractivity contribution in [2.75, 3.05) is 0 Å². The maximum atomic E-state index is 3.25. The Hall–Kier alpha value is -2.86. The summed E-state index contributed by atoms with van der Waals surface area (Å²) in [4.78, 5) is 0. The molecule has 5 rings (SSSR count). The van der Waals surface area contributed by atoms with Crippen LogP contribution in [0.4, 0.5) is 0 Å². The van der Waals surface area contributed by atoms with Gasteiger partial charge in [-0.1, -0.05) is 74.5 Å². The smallest absolute Gasteiger partial charge is 0.0159 e. The van der Waals surface area contributed by atoms with Crippen molar-refractivity contribution in [2.24, 2.45) is 0 Å². The highest BCUT2D eigenvalue weighted by atomic mass is 14.4. The zero-order chi connectivity index (χ0) is 17.0. The van der Waals surface area contributed by atoms with Crippen molar-refractivity contribution in [3.05, 3.63) is 96.1 Å². The summed E-state index contributed by atoms with van der Waals surface area (Å²) in [5, 5.41) is 2.58. The van der Waals surface area contributed by atoms with Crippen LogP contribution in [0.15, 0.2) is 78.9 Å². The van der Waals surface area contributed by atoms with Gasteiger partial charge in [-0.25, -0.2) is 0 Å². The standard InChI is InChI=1S/C25H19/c1-25(2)23-10-6-5-9-21(23)22-14-13-20(16-24(22)25)19-12-11-17-7-3-4-8-18(17)15-19/h3-5,7-16H,1-2H3. The van der Waals surface area contributed by atoms with Crippen LogP contribution in [-0.2, 0) is 5.41 Å². The molecule has 0 N–H and O–H groups in total. The predicted molar refractivity (Wildman–Crippen MR) is 106 cm³/mol. The van der Waals surface area contributed by atoms with Gasteiger partial charge in [0.1, 0.15) is 0 Å². The van der Waals surface area contributed by atoms with Crippen LogP contribution in [0, 0.1) is 6.07 Å². The van der Waals surface area contributed by atoms with E-state index in [9.17, 15) is 0 Å². The Bertz CT molecular complexity index is 1120. The van der Waals surface area contributed by atoms with Crippen LogP contribution in [0.3, 0.4) is 0 Å². The van der Waals surface area contributed by atoms with Crippen molar-refractivity contribution in [1.29, 1.82) is 0 Å². The van der Waals surface area contributed by atoms with E-state index in [4.69, 9.17) is 0 Å². The highest BCUT2D eigenvalue weighted by Crippen LogP contribution is 2.49. The quantitative estimate of drug-likeness (QED) is 0.370. The lowest BCUT2D eigenvalue weighted by Gasteiger charge is -2.22. The van der Waals surface area contributed by atoms with Crippen molar-refractivity contribution in [3.63, 3.8) is 0 Å². The van der Waals surface area contributed by atoms with Crippen molar-refractivity contribution in [3.8, 4) is 22.3 Å². The van der Waals surface area contributed by atoms with Crippen LogP contribution in [0.2, 0.25) is 0 Å². The third-order valence-corrected chi connectivity index (χ3v) is 5.60. The van der Waals surface area contributed by atoms with E-state index in [2.05, 4.69) is 92.7 Å². The molecule has 119 valence electrons. The first-order chi connectivity index (χ1) is 12.1. The van der Waals surface area contributed by atoms with E-state index in [1.165, 1.54) is 44.2 Å². The summed E-state index contributed by atoms with van der Waals surface area (Å²) in [5.41, 5.74) is 8.08. The Kier molecular flexibility index (Phi) is 2.93. The number of hydrogen-bond acceptors (Lipinski definition) is 0. The average molecular weight is 319 g/mol. The zero-order valence-corrected chi connectivity index (χ0v) is 14.5. The molecule has 25 heavy (non-hydrogen) atoms. The molecule has 0 saturated carbocycles. The van der Waals surface area contributed by atoms with Gasteiger partial charge in [0.2, 0.25) is 0 Å². The summed E-state index contributed by atoms with van der Waals surface area (Å²) in [5.74, 6) is 0. The summed E-state index contributed by atoms with van der Waals surface area (Å²) in [6, 6.07) is 31.8. The maximum absolute atomic E-state index is 3.25. The molecule has 0 fully saturated rings. The summed E-state index contributed by atoms with van der Waals surface area (Å²) in [6.07, 6.45) is 0. The Morgan fingerprint density at radius 2 is 1.40 bits per heavy atom. The molecule has 4 aromatic carbocycles. The number of hydrogen-bond donors (Lipinski definition) is 0. The SMILES string of the molecule is CC1(C)c2c[c]ccc2-c2ccc(-c3ccc4ccccc4c3)cc21. The minimum absolute atomic E-state index is 0.0231. The van der Waals surface area contributed by atoms with Gasteiger partial charge in [-0.05, 0) is 68.4 Å². The van der Waals surface area contributed by atoms with Crippen LogP contribution in [0.5, 0.6) is 0 Å². The van der Waals surface area contributed by atoms with Gasteiger partial charge in [0.05, 0.1) is 0 Å². The predicted octanol–water partition coefficient (Wildman–Crippen LogP) is 6.61. The van der Waals surface area contributed by atoms with Gasteiger partial charge in [-0.2, -0.15) is 0 Å². The molecular formula is C25H19. The van der Waals surface area contributed by atoms with Crippen molar-refractivity contribution in [1.82, 2.24) is 0 Å². The molecule has 0 spiro atoms. The van der Waals surface area contributed by atoms with Gasteiger partial charge in [-0.15, -0.1) is 0 Å². The highest BCUT2D eigenvalue weighted by Gasteiger charge is 2.35. The molecule has 0 heterocycles. The summed E-state index contributed by atoms with van der Waals surface area (Å²) in [7, 11) is 0. The molecule has 0 atom stereocenters. The molecule has 1 aliphatic rings. The lowest BCUT2D eigenvalue weighted by Crippen LogP contribution is -2.14. The fraction of sp³-hybridized carbons (Fsp3) is 0.120. The van der Waals surface area contributed by atoms with Gasteiger partial charge >= 0.3 is 0 Å². The van der Waals surface area contributed by atoms with Crippen LogP contribution in [0.1, 0.15) is 25.0 Å². The molecule has 0 aliphatic heterocycles. The maximum Gasteiger partial charge on any atom is 0.0159 e. The molecule has 0 aromatic heterocycles. The molecule has 4 aromatic rings. The molecule has 0 heteroatoms. The Balaban J connectivity index is 1.69. The van der Waals surface area contributed by atoms with Crippen molar-refractivity contribution >= 4 is 10.8 Å². The van der Waals surface area contributed by atoms with E-state index in [0.717, 1.165) is 0 Å². The topological polar surface area (TPSA) is 0 Å². The largest absolute Gasteiger partial charge is 0.0616 e. The first-order valence-electron chi connectivity index (χ1n) is 8.79. The van der Waals surface area contributed by atoms with E-state index in [1.807, 2.05) is 6.07 Å². The van der Waals surface area contributed by atoms with E-state index >= 15 is 0 Å². The Morgan fingerprint density at radius 3 is 2.28 bits per heavy atom. The van der Waals surface area contributed by atoms with Gasteiger partial charge in [0.15, 0.2) is 0 Å². The van der Waals surface area contributed by atoms with Crippen molar-refractivity contribution in [2.45, 2.75) is 19.3 Å². The van der Waals surface area contributed by atoms with E-state index < -0.39 is 0 Å². The van der Waals surface area contributed by atoms with Crippen LogP contribution < -0.4 is 0 Å². The second kappa shape index (κ2) is 5.07. The summed E-state index contributed by atoms with van der Waals surface area (Å²) < 4.78 is 0. The highest BCUT2D eigenvalue weighted by molar-refractivity contribution is 5.89. The number of benzene rings is 4. The molecule has 1 aliphatic carbocycles.